The normalized spacial score (nSPS) is 10.8. The Balaban J connectivity index is 0.000000191. The summed E-state index contributed by atoms with van der Waals surface area (Å²) in [6, 6.07) is 24.5. The van der Waals surface area contributed by atoms with Crippen molar-refractivity contribution in [1.82, 2.24) is 9.97 Å². The number of hydrogen-bond donors (Lipinski definition) is 2. The highest BCUT2D eigenvalue weighted by Gasteiger charge is 2.12. The molecule has 34 heavy (non-hydrogen) atoms. The summed E-state index contributed by atoms with van der Waals surface area (Å²) in [6.45, 7) is 8.68. The number of carbonyl (C=O) groups excluding carboxylic acids is 2. The lowest BCUT2D eigenvalue weighted by Crippen LogP contribution is -2.02. The van der Waals surface area contributed by atoms with Crippen LogP contribution >= 0.6 is 0 Å². The first-order valence-corrected chi connectivity index (χ1v) is 11.9. The molecule has 0 spiro atoms. The first-order valence-electron chi connectivity index (χ1n) is 11.9. The smallest absolute Gasteiger partial charge is 0.209 e. The maximum atomic E-state index is 12.1. The van der Waals surface area contributed by atoms with Crippen molar-refractivity contribution in [1.29, 1.82) is 0 Å². The summed E-state index contributed by atoms with van der Waals surface area (Å²) >= 11 is 0. The van der Waals surface area contributed by atoms with E-state index in [1.165, 1.54) is 5.56 Å². The maximum Gasteiger partial charge on any atom is 0.209 e. The van der Waals surface area contributed by atoms with E-state index in [4.69, 9.17) is 0 Å². The Kier molecular flexibility index (Phi) is 8.80. The lowest BCUT2D eigenvalue weighted by Gasteiger charge is -2.01. The van der Waals surface area contributed by atoms with Gasteiger partial charge >= 0.3 is 0 Å². The predicted molar refractivity (Wildman–Crippen MR) is 138 cm³/mol. The van der Waals surface area contributed by atoms with E-state index in [0.29, 0.717) is 23.2 Å². The maximum absolute atomic E-state index is 12.1. The van der Waals surface area contributed by atoms with Crippen LogP contribution in [-0.2, 0) is 12.8 Å². The minimum absolute atomic E-state index is 0.0561. The molecule has 0 radical (unpaired) electrons. The van der Waals surface area contributed by atoms with E-state index >= 15 is 0 Å². The second-order valence-electron chi connectivity index (χ2n) is 9.41. The molecule has 4 nitrogen and oxygen atoms in total. The minimum atomic E-state index is 0.0561. The second kappa shape index (κ2) is 12.0. The van der Waals surface area contributed by atoms with Gasteiger partial charge in [0.05, 0.1) is 11.4 Å². The van der Waals surface area contributed by atoms with Gasteiger partial charge in [-0.2, -0.15) is 0 Å². The summed E-state index contributed by atoms with van der Waals surface area (Å²) in [6.07, 6.45) is 3.90. The number of rotatable bonds is 8. The van der Waals surface area contributed by atoms with E-state index in [1.807, 2.05) is 85.1 Å². The van der Waals surface area contributed by atoms with Crippen LogP contribution in [0, 0.1) is 11.8 Å². The molecule has 0 fully saturated rings. The highest BCUT2D eigenvalue weighted by molar-refractivity contribution is 6.08. The number of nitrogens with one attached hydrogen (secondary N) is 2. The number of hydrogen-bond acceptors (Lipinski definition) is 2. The first-order chi connectivity index (χ1) is 16.3. The molecule has 4 rings (SSSR count). The van der Waals surface area contributed by atoms with E-state index < -0.39 is 0 Å². The molecule has 0 aliphatic heterocycles. The van der Waals surface area contributed by atoms with Gasteiger partial charge in [-0.1, -0.05) is 88.4 Å². The molecule has 2 aromatic carbocycles. The van der Waals surface area contributed by atoms with Crippen LogP contribution in [0.25, 0.3) is 0 Å². The zero-order valence-electron chi connectivity index (χ0n) is 20.5. The summed E-state index contributed by atoms with van der Waals surface area (Å²) in [5, 5.41) is 0. The van der Waals surface area contributed by atoms with Crippen LogP contribution in [0.15, 0.2) is 85.1 Å². The monoisotopic (exact) mass is 454 g/mol. The summed E-state index contributed by atoms with van der Waals surface area (Å²) in [4.78, 5) is 30.5. The summed E-state index contributed by atoms with van der Waals surface area (Å²) < 4.78 is 0. The van der Waals surface area contributed by atoms with Crippen LogP contribution in [0.2, 0.25) is 0 Å². The molecule has 0 unspecified atom stereocenters. The minimum Gasteiger partial charge on any atom is -0.358 e. The van der Waals surface area contributed by atoms with Crippen LogP contribution in [0.5, 0.6) is 0 Å². The summed E-state index contributed by atoms with van der Waals surface area (Å²) in [5.74, 6) is 1.31. The molecule has 176 valence electrons. The third kappa shape index (κ3) is 7.17. The Bertz CT molecular complexity index is 1090. The number of aromatic nitrogens is 2. The van der Waals surface area contributed by atoms with Crippen LogP contribution in [0.4, 0.5) is 0 Å². The van der Waals surface area contributed by atoms with Crippen LogP contribution in [-0.4, -0.2) is 21.5 Å². The van der Waals surface area contributed by atoms with E-state index in [-0.39, 0.29) is 11.6 Å². The third-order valence-corrected chi connectivity index (χ3v) is 5.32. The Morgan fingerprint density at radius 1 is 0.676 bits per heavy atom. The van der Waals surface area contributed by atoms with Crippen LogP contribution < -0.4 is 0 Å². The fourth-order valence-electron chi connectivity index (χ4n) is 3.78. The van der Waals surface area contributed by atoms with Gasteiger partial charge in [0.15, 0.2) is 0 Å². The van der Waals surface area contributed by atoms with E-state index in [1.54, 1.807) is 0 Å². The number of benzene rings is 2. The highest BCUT2D eigenvalue weighted by Crippen LogP contribution is 2.14. The van der Waals surface area contributed by atoms with Gasteiger partial charge in [-0.15, -0.1) is 0 Å². The largest absolute Gasteiger partial charge is 0.358 e. The zero-order valence-corrected chi connectivity index (χ0v) is 20.5. The van der Waals surface area contributed by atoms with E-state index in [2.05, 4.69) is 37.7 Å². The quantitative estimate of drug-likeness (QED) is 0.285. The Morgan fingerprint density at radius 2 is 1.21 bits per heavy atom. The standard InChI is InChI=1S/2C15H17NO/c1-11(2)8-12-9-14(16-10-12)15(17)13-6-4-3-5-7-13;1-11(2)10-13-8-9-14(16-13)15(17)12-6-4-3-5-7-12/h3-7,9-11,16H,8H2,1-2H3;3-9,11,16H,10H2,1-2H3. The van der Waals surface area contributed by atoms with Crippen molar-refractivity contribution in [3.05, 3.63) is 119 Å². The molecular formula is C30H34N2O2. The second-order valence-corrected chi connectivity index (χ2v) is 9.41. The topological polar surface area (TPSA) is 65.7 Å². The molecule has 0 amide bonds. The van der Waals surface area contributed by atoms with Gasteiger partial charge in [-0.3, -0.25) is 9.59 Å². The number of carbonyl (C=O) groups is 2. The molecule has 2 N–H and O–H groups in total. The van der Waals surface area contributed by atoms with Crippen molar-refractivity contribution in [3.63, 3.8) is 0 Å². The average Bonchev–Trinajstić information content (AvgIpc) is 3.49. The SMILES string of the molecule is CC(C)Cc1c[nH]c(C(=O)c2ccccc2)c1.CC(C)Cc1ccc(C(=O)c2ccccc2)[nH]1. The van der Waals surface area contributed by atoms with Gasteiger partial charge in [0.2, 0.25) is 11.6 Å². The van der Waals surface area contributed by atoms with Gasteiger partial charge < -0.3 is 9.97 Å². The molecule has 4 heteroatoms. The highest BCUT2D eigenvalue weighted by atomic mass is 16.1. The summed E-state index contributed by atoms with van der Waals surface area (Å²) in [5.41, 5.74) is 5.12. The Hall–Kier alpha value is -3.66. The van der Waals surface area contributed by atoms with Crippen LogP contribution in [0.3, 0.4) is 0 Å². The van der Waals surface area contributed by atoms with E-state index in [0.717, 1.165) is 29.7 Å². The molecule has 0 bridgehead atoms. The first kappa shape index (κ1) is 25.0. The number of ketones is 2. The van der Waals surface area contributed by atoms with Crippen molar-refractivity contribution < 1.29 is 9.59 Å². The van der Waals surface area contributed by atoms with Gasteiger partial charge in [-0.05, 0) is 48.4 Å². The van der Waals surface area contributed by atoms with Crippen molar-refractivity contribution in [2.75, 3.05) is 0 Å². The van der Waals surface area contributed by atoms with E-state index in [9.17, 15) is 9.59 Å². The molecule has 0 atom stereocenters. The molecule has 0 aliphatic rings. The van der Waals surface area contributed by atoms with Crippen molar-refractivity contribution >= 4 is 11.6 Å². The van der Waals surface area contributed by atoms with Crippen molar-refractivity contribution in [3.8, 4) is 0 Å². The van der Waals surface area contributed by atoms with Gasteiger partial charge in [0.1, 0.15) is 0 Å². The van der Waals surface area contributed by atoms with Gasteiger partial charge in [-0.25, -0.2) is 0 Å². The molecular weight excluding hydrogens is 420 g/mol. The lowest BCUT2D eigenvalue weighted by molar-refractivity contribution is 0.102. The average molecular weight is 455 g/mol. The lowest BCUT2D eigenvalue weighted by atomic mass is 10.0. The Morgan fingerprint density at radius 3 is 1.74 bits per heavy atom. The molecule has 0 saturated carbocycles. The third-order valence-electron chi connectivity index (χ3n) is 5.32. The van der Waals surface area contributed by atoms with Crippen molar-refractivity contribution in [2.45, 2.75) is 40.5 Å². The molecule has 0 saturated heterocycles. The number of aromatic amines is 2. The Labute approximate surface area is 202 Å². The van der Waals surface area contributed by atoms with Crippen LogP contribution in [0.1, 0.15) is 71.1 Å². The fourth-order valence-corrected chi connectivity index (χ4v) is 3.78. The zero-order chi connectivity index (χ0) is 24.5. The molecule has 2 heterocycles. The number of H-pyrrole nitrogens is 2. The molecule has 2 aromatic heterocycles. The van der Waals surface area contributed by atoms with Gasteiger partial charge in [0.25, 0.3) is 0 Å². The van der Waals surface area contributed by atoms with Crippen molar-refractivity contribution in [2.24, 2.45) is 11.8 Å². The molecule has 0 aliphatic carbocycles. The summed E-state index contributed by atoms with van der Waals surface area (Å²) in [7, 11) is 0. The van der Waals surface area contributed by atoms with Gasteiger partial charge in [0, 0.05) is 23.0 Å². The predicted octanol–water partition coefficient (Wildman–Crippen LogP) is 6.89. The fraction of sp³-hybridized carbons (Fsp3) is 0.267. The molecule has 4 aromatic rings.